The minimum Gasteiger partial charge on any atom is -0.395 e. The van der Waals surface area contributed by atoms with Crippen molar-refractivity contribution in [1.29, 1.82) is 0 Å². The third kappa shape index (κ3) is 63.0. The van der Waals surface area contributed by atoms with Gasteiger partial charge >= 0.3 is 10.4 Å². The van der Waals surface area contributed by atoms with Crippen molar-refractivity contribution in [2.75, 3.05) is 78.9 Å². The molecule has 30 heavy (non-hydrogen) atoms. The molecule has 0 aliphatic carbocycles. The van der Waals surface area contributed by atoms with Crippen LogP contribution in [0.4, 0.5) is 0 Å². The van der Waals surface area contributed by atoms with E-state index in [9.17, 15) is 0 Å². The Labute approximate surface area is 181 Å². The Hall–Kier alpha value is -0.160. The molecule has 18 heteroatoms. The molecular formula is C12H34N2O13S3. The third-order valence-corrected chi connectivity index (χ3v) is 2.50. The lowest BCUT2D eigenvalue weighted by Gasteiger charge is -2.17. The van der Waals surface area contributed by atoms with Gasteiger partial charge in [0.05, 0.1) is 39.6 Å². The molecule has 0 atom stereocenters. The van der Waals surface area contributed by atoms with Gasteiger partial charge in [-0.05, 0) is 0 Å². The molecule has 0 spiro atoms. The van der Waals surface area contributed by atoms with Gasteiger partial charge in [0.25, 0.3) is 9.05 Å². The van der Waals surface area contributed by atoms with Crippen molar-refractivity contribution in [1.82, 2.24) is 9.80 Å². The largest absolute Gasteiger partial charge is 0.395 e. The zero-order valence-electron chi connectivity index (χ0n) is 16.3. The monoisotopic (exact) mass is 510 g/mol. The topological polar surface area (TPSA) is 260 Å². The second kappa shape index (κ2) is 25.1. The Kier molecular flexibility index (Phi) is 31.1. The molecule has 0 bridgehead atoms. The molecule has 0 aliphatic heterocycles. The van der Waals surface area contributed by atoms with Crippen molar-refractivity contribution in [3.8, 4) is 0 Å². The molecule has 0 aromatic carbocycles. The van der Waals surface area contributed by atoms with Crippen LogP contribution in [0.15, 0.2) is 0 Å². The second-order valence-corrected chi connectivity index (χ2v) is 8.01. The second-order valence-electron chi connectivity index (χ2n) is 4.92. The zero-order chi connectivity index (χ0) is 24.6. The van der Waals surface area contributed by atoms with Crippen molar-refractivity contribution in [3.05, 3.63) is 0 Å². The SMILES string of the molecule is O=S(=O)(O)O.O=S(O)(O)=S.OCCN(CCO)CCO.OCCN(CCO)CCO. The molecular weight excluding hydrogens is 476 g/mol. The van der Waals surface area contributed by atoms with Crippen molar-refractivity contribution < 1.29 is 61.5 Å². The Morgan fingerprint density at radius 3 is 0.667 bits per heavy atom. The van der Waals surface area contributed by atoms with E-state index >= 15 is 0 Å². The Bertz CT molecular complexity index is 441. The standard InChI is InChI=1S/2C6H15NO3.H2O4S.H2O3S2/c2*8-4-1-7(2-5-9)3-6-10;2*1-5(2,3)4/h2*8-10H,1-6H2;2*(H2,1,2,3,4). The van der Waals surface area contributed by atoms with E-state index < -0.39 is 19.5 Å². The van der Waals surface area contributed by atoms with Gasteiger partial charge < -0.3 is 30.6 Å². The average molecular weight is 511 g/mol. The molecule has 0 fully saturated rings. The minimum absolute atomic E-state index is 0.0694. The first-order valence-corrected chi connectivity index (χ1v) is 12.0. The van der Waals surface area contributed by atoms with Crippen LogP contribution in [0.3, 0.4) is 0 Å². The summed E-state index contributed by atoms with van der Waals surface area (Å²) >= 11 is 3.47. The van der Waals surface area contributed by atoms with Gasteiger partial charge in [0.2, 0.25) is 0 Å². The lowest BCUT2D eigenvalue weighted by atomic mass is 10.4. The van der Waals surface area contributed by atoms with Gasteiger partial charge in [0.15, 0.2) is 0 Å². The maximum atomic E-state index is 9.11. The molecule has 0 unspecified atom stereocenters. The molecule has 0 aromatic rings. The van der Waals surface area contributed by atoms with Gasteiger partial charge in [-0.3, -0.25) is 28.0 Å². The third-order valence-electron chi connectivity index (χ3n) is 2.50. The summed E-state index contributed by atoms with van der Waals surface area (Å²) in [5.74, 6) is 0. The van der Waals surface area contributed by atoms with Crippen molar-refractivity contribution >= 4 is 30.6 Å². The molecule has 0 aromatic heterocycles. The van der Waals surface area contributed by atoms with Gasteiger partial charge in [-0.25, -0.2) is 0 Å². The lowest BCUT2D eigenvalue weighted by molar-refractivity contribution is 0.136. The maximum Gasteiger partial charge on any atom is 0.394 e. The Balaban J connectivity index is -0.000000159. The molecule has 0 radical (unpaired) electrons. The summed E-state index contributed by atoms with van der Waals surface area (Å²) in [4.78, 5) is 3.58. The number of rotatable bonds is 12. The van der Waals surface area contributed by atoms with Gasteiger partial charge in [0.1, 0.15) is 0 Å². The molecule has 0 heterocycles. The van der Waals surface area contributed by atoms with E-state index in [0.717, 1.165) is 0 Å². The number of aliphatic hydroxyl groups excluding tert-OH is 6. The van der Waals surface area contributed by atoms with E-state index in [2.05, 4.69) is 11.2 Å². The van der Waals surface area contributed by atoms with Gasteiger partial charge in [-0.1, -0.05) is 0 Å². The molecule has 0 rings (SSSR count). The summed E-state index contributed by atoms with van der Waals surface area (Å²) < 4.78 is 55.5. The molecule has 188 valence electrons. The fraction of sp³-hybridized carbons (Fsp3) is 1.00. The van der Waals surface area contributed by atoms with Gasteiger partial charge in [-0.15, -0.1) is 0 Å². The van der Waals surface area contributed by atoms with Crippen LogP contribution in [0.2, 0.25) is 0 Å². The highest BCUT2D eigenvalue weighted by Gasteiger charge is 2.01. The Morgan fingerprint density at radius 1 is 0.500 bits per heavy atom. The number of hydrogen-bond acceptors (Lipinski definition) is 12. The van der Waals surface area contributed by atoms with Crippen molar-refractivity contribution in [2.45, 2.75) is 0 Å². The van der Waals surface area contributed by atoms with E-state index in [0.29, 0.717) is 39.3 Å². The summed E-state index contributed by atoms with van der Waals surface area (Å²) in [5.41, 5.74) is 0. The highest BCUT2D eigenvalue weighted by Crippen LogP contribution is 1.85. The van der Waals surface area contributed by atoms with Crippen molar-refractivity contribution in [3.63, 3.8) is 0 Å². The number of nitrogens with zero attached hydrogens (tertiary/aromatic N) is 2. The predicted octanol–water partition coefficient (Wildman–Crippen LogP) is -4.44. The van der Waals surface area contributed by atoms with E-state index in [1.54, 1.807) is 9.80 Å². The summed E-state index contributed by atoms with van der Waals surface area (Å²) in [6.45, 7) is 3.51. The summed E-state index contributed by atoms with van der Waals surface area (Å²) in [6.07, 6.45) is 0. The fourth-order valence-electron chi connectivity index (χ4n) is 1.52. The average Bonchev–Trinajstić information content (AvgIpc) is 2.54. The van der Waals surface area contributed by atoms with E-state index in [4.69, 9.17) is 61.5 Å². The molecule has 10 N–H and O–H groups in total. The van der Waals surface area contributed by atoms with E-state index in [1.165, 1.54) is 0 Å². The summed E-state index contributed by atoms with van der Waals surface area (Å²) in [5, 5.41) is 50.9. The quantitative estimate of drug-likeness (QED) is 0.111. The lowest BCUT2D eigenvalue weighted by Crippen LogP contribution is -2.32. The van der Waals surface area contributed by atoms with Crippen molar-refractivity contribution in [2.24, 2.45) is 0 Å². The smallest absolute Gasteiger partial charge is 0.394 e. The van der Waals surface area contributed by atoms with Gasteiger partial charge in [-0.2, -0.15) is 12.6 Å². The maximum absolute atomic E-state index is 9.11. The zero-order valence-corrected chi connectivity index (χ0v) is 18.8. The molecule has 0 saturated heterocycles. The first-order valence-electron chi connectivity index (χ1n) is 8.19. The summed E-state index contributed by atoms with van der Waals surface area (Å²) in [7, 11) is -8.50. The molecule has 0 amide bonds. The van der Waals surface area contributed by atoms with Crippen LogP contribution < -0.4 is 0 Å². The molecule has 15 nitrogen and oxygen atoms in total. The first kappa shape index (κ1) is 37.2. The van der Waals surface area contributed by atoms with Crippen LogP contribution in [0.5, 0.6) is 0 Å². The van der Waals surface area contributed by atoms with Crippen LogP contribution in [-0.2, 0) is 30.6 Å². The van der Waals surface area contributed by atoms with Gasteiger partial charge in [0, 0.05) is 50.5 Å². The van der Waals surface area contributed by atoms with Crippen LogP contribution in [0.1, 0.15) is 0 Å². The van der Waals surface area contributed by atoms with Crippen LogP contribution in [-0.4, -0.2) is 150 Å². The normalized spacial score (nSPS) is 11.1. The molecule has 0 saturated carbocycles. The van der Waals surface area contributed by atoms with Crippen LogP contribution in [0, 0.1) is 0 Å². The minimum atomic E-state index is -4.67. The van der Waals surface area contributed by atoms with E-state index in [-0.39, 0.29) is 39.6 Å². The predicted molar refractivity (Wildman–Crippen MR) is 110 cm³/mol. The number of aliphatic hydroxyl groups is 6. The fourth-order valence-corrected chi connectivity index (χ4v) is 1.52. The highest BCUT2D eigenvalue weighted by molar-refractivity contribution is 8.26. The van der Waals surface area contributed by atoms with E-state index in [1.807, 2.05) is 0 Å². The Morgan fingerprint density at radius 2 is 0.600 bits per heavy atom. The summed E-state index contributed by atoms with van der Waals surface area (Å²) in [6, 6.07) is 0. The van der Waals surface area contributed by atoms with Crippen LogP contribution in [0.25, 0.3) is 0 Å². The first-order chi connectivity index (χ1) is 13.7. The van der Waals surface area contributed by atoms with Crippen LogP contribution >= 0.6 is 0 Å². The highest BCUT2D eigenvalue weighted by atomic mass is 32.9. The number of hydrogen-bond donors (Lipinski definition) is 10. The molecule has 0 aliphatic rings.